The Balaban J connectivity index is 2.77. The fourth-order valence-corrected chi connectivity index (χ4v) is 1.71. The largest absolute Gasteiger partial charge is 0.324 e. The molecule has 0 spiro atoms. The second-order valence-electron chi connectivity index (χ2n) is 2.99. The van der Waals surface area contributed by atoms with E-state index in [2.05, 4.69) is 21.2 Å². The molecule has 0 bridgehead atoms. The summed E-state index contributed by atoms with van der Waals surface area (Å²) in [6.45, 7) is 1.91. The van der Waals surface area contributed by atoms with Crippen molar-refractivity contribution < 1.29 is 9.18 Å². The van der Waals surface area contributed by atoms with Crippen LogP contribution in [0, 0.1) is 9.39 Å². The Morgan fingerprint density at radius 2 is 2.33 bits per heavy atom. The quantitative estimate of drug-likeness (QED) is 0.625. The molecule has 0 saturated heterocycles. The van der Waals surface area contributed by atoms with Crippen molar-refractivity contribution in [3.05, 3.63) is 27.6 Å². The Morgan fingerprint density at radius 3 is 2.87 bits per heavy atom. The highest BCUT2D eigenvalue weighted by Crippen LogP contribution is 2.20. The Bertz CT molecular complexity index is 372. The first kappa shape index (κ1) is 12.9. The lowest BCUT2D eigenvalue weighted by atomic mass is 10.3. The molecule has 1 N–H and O–H groups in total. The molecule has 0 saturated carbocycles. The van der Waals surface area contributed by atoms with Crippen LogP contribution in [0.15, 0.2) is 18.2 Å². The number of halogens is 3. The van der Waals surface area contributed by atoms with Crippen molar-refractivity contribution >= 4 is 50.1 Å². The second kappa shape index (κ2) is 5.79. The van der Waals surface area contributed by atoms with Gasteiger partial charge in [-0.1, -0.05) is 22.9 Å². The molecular weight excluding hydrogens is 376 g/mol. The first-order chi connectivity index (χ1) is 7.04. The lowest BCUT2D eigenvalue weighted by Crippen LogP contribution is -2.22. The molecule has 1 aromatic rings. The minimum atomic E-state index is -0.303. The Morgan fingerprint density at radius 1 is 1.67 bits per heavy atom. The highest BCUT2D eigenvalue weighted by molar-refractivity contribution is 14.1. The molecule has 1 aromatic carbocycles. The fraction of sp³-hybridized carbons (Fsp3) is 0.300. The summed E-state index contributed by atoms with van der Waals surface area (Å²) in [6.07, 6.45) is 0.712. The minimum Gasteiger partial charge on any atom is -0.324 e. The Labute approximate surface area is 110 Å². The number of carbonyl (C=O) groups is 1. The van der Waals surface area contributed by atoms with Crippen LogP contribution in [-0.4, -0.2) is 10.7 Å². The molecule has 1 amide bonds. The van der Waals surface area contributed by atoms with Gasteiger partial charge in [0.05, 0.1) is 10.5 Å². The molecular formula is C10H10BrFINO. The average Bonchev–Trinajstić information content (AvgIpc) is 2.20. The number of carbonyl (C=O) groups excluding carboxylic acids is 1. The number of hydrogen-bond donors (Lipinski definition) is 1. The fourth-order valence-electron chi connectivity index (χ4n) is 0.987. The maximum atomic E-state index is 12.8. The normalized spacial score (nSPS) is 12.3. The number of nitrogens with one attached hydrogen (secondary N) is 1. The molecule has 0 aromatic heterocycles. The highest BCUT2D eigenvalue weighted by atomic mass is 127. The van der Waals surface area contributed by atoms with Crippen molar-refractivity contribution in [1.82, 2.24) is 0 Å². The van der Waals surface area contributed by atoms with Crippen LogP contribution in [0.2, 0.25) is 0 Å². The van der Waals surface area contributed by atoms with E-state index in [1.54, 1.807) is 6.07 Å². The predicted molar refractivity (Wildman–Crippen MR) is 70.8 cm³/mol. The number of alkyl halides is 1. The first-order valence-corrected chi connectivity index (χ1v) is 6.44. The average molecular weight is 386 g/mol. The van der Waals surface area contributed by atoms with E-state index < -0.39 is 0 Å². The molecule has 0 fully saturated rings. The Hall–Kier alpha value is -0.170. The van der Waals surface area contributed by atoms with Crippen LogP contribution in [-0.2, 0) is 4.79 Å². The third-order valence-electron chi connectivity index (χ3n) is 1.83. The van der Waals surface area contributed by atoms with E-state index in [0.717, 1.165) is 0 Å². The van der Waals surface area contributed by atoms with E-state index in [-0.39, 0.29) is 16.6 Å². The summed E-state index contributed by atoms with van der Waals surface area (Å²) < 4.78 is 13.5. The molecule has 0 radical (unpaired) electrons. The van der Waals surface area contributed by atoms with E-state index in [9.17, 15) is 9.18 Å². The number of benzene rings is 1. The standard InChI is InChI=1S/C10H10BrFINO/c1-2-7(11)10(15)14-9-4-3-6(12)5-8(9)13/h3-5,7H,2H2,1H3,(H,14,15). The lowest BCUT2D eigenvalue weighted by Gasteiger charge is -2.10. The predicted octanol–water partition coefficient (Wildman–Crippen LogP) is 3.54. The van der Waals surface area contributed by atoms with Crippen molar-refractivity contribution in [3.8, 4) is 0 Å². The lowest BCUT2D eigenvalue weighted by molar-refractivity contribution is -0.115. The van der Waals surface area contributed by atoms with Crippen molar-refractivity contribution in [2.75, 3.05) is 5.32 Å². The molecule has 1 atom stereocenters. The molecule has 5 heteroatoms. The molecule has 0 aliphatic rings. The van der Waals surface area contributed by atoms with Crippen LogP contribution in [0.4, 0.5) is 10.1 Å². The Kier molecular flexibility index (Phi) is 4.98. The monoisotopic (exact) mass is 385 g/mol. The topological polar surface area (TPSA) is 29.1 Å². The summed E-state index contributed by atoms with van der Waals surface area (Å²) in [6, 6.07) is 4.27. The van der Waals surface area contributed by atoms with Gasteiger partial charge in [0.1, 0.15) is 5.82 Å². The number of anilines is 1. The van der Waals surface area contributed by atoms with Gasteiger partial charge in [0.2, 0.25) is 5.91 Å². The maximum absolute atomic E-state index is 12.8. The number of hydrogen-bond acceptors (Lipinski definition) is 1. The van der Waals surface area contributed by atoms with Crippen LogP contribution in [0.25, 0.3) is 0 Å². The van der Waals surface area contributed by atoms with Gasteiger partial charge in [-0.3, -0.25) is 4.79 Å². The molecule has 0 aliphatic carbocycles. The van der Waals surface area contributed by atoms with Crippen LogP contribution in [0.1, 0.15) is 13.3 Å². The molecule has 0 heterocycles. The molecule has 82 valence electrons. The van der Waals surface area contributed by atoms with E-state index in [0.29, 0.717) is 15.7 Å². The first-order valence-electron chi connectivity index (χ1n) is 4.44. The van der Waals surface area contributed by atoms with Gasteiger partial charge in [0.15, 0.2) is 0 Å². The van der Waals surface area contributed by atoms with E-state index in [1.807, 2.05) is 29.5 Å². The zero-order valence-electron chi connectivity index (χ0n) is 8.06. The van der Waals surface area contributed by atoms with Crippen molar-refractivity contribution in [1.29, 1.82) is 0 Å². The third kappa shape index (κ3) is 3.71. The summed E-state index contributed by atoms with van der Waals surface area (Å²) >= 11 is 5.23. The molecule has 1 unspecified atom stereocenters. The molecule has 0 aliphatic heterocycles. The van der Waals surface area contributed by atoms with Crippen LogP contribution in [0.3, 0.4) is 0 Å². The van der Waals surface area contributed by atoms with Gasteiger partial charge >= 0.3 is 0 Å². The van der Waals surface area contributed by atoms with Gasteiger partial charge in [-0.25, -0.2) is 4.39 Å². The zero-order valence-corrected chi connectivity index (χ0v) is 11.8. The van der Waals surface area contributed by atoms with Gasteiger partial charge < -0.3 is 5.32 Å². The van der Waals surface area contributed by atoms with Gasteiger partial charge in [-0.15, -0.1) is 0 Å². The number of amides is 1. The SMILES string of the molecule is CCC(Br)C(=O)Nc1ccc(F)cc1I. The maximum Gasteiger partial charge on any atom is 0.238 e. The van der Waals surface area contributed by atoms with Gasteiger partial charge in [0.25, 0.3) is 0 Å². The zero-order chi connectivity index (χ0) is 11.4. The van der Waals surface area contributed by atoms with E-state index in [4.69, 9.17) is 0 Å². The van der Waals surface area contributed by atoms with E-state index >= 15 is 0 Å². The minimum absolute atomic E-state index is 0.109. The van der Waals surface area contributed by atoms with Gasteiger partial charge in [0, 0.05) is 3.57 Å². The van der Waals surface area contributed by atoms with Gasteiger partial charge in [-0.05, 0) is 47.2 Å². The third-order valence-corrected chi connectivity index (χ3v) is 3.79. The van der Waals surface area contributed by atoms with Crippen LogP contribution >= 0.6 is 38.5 Å². The highest BCUT2D eigenvalue weighted by Gasteiger charge is 2.13. The summed E-state index contributed by atoms with van der Waals surface area (Å²) in [4.78, 5) is 11.3. The van der Waals surface area contributed by atoms with Gasteiger partial charge in [-0.2, -0.15) is 0 Å². The summed E-state index contributed by atoms with van der Waals surface area (Å²) in [7, 11) is 0. The summed E-state index contributed by atoms with van der Waals surface area (Å²) in [5.41, 5.74) is 0.639. The van der Waals surface area contributed by atoms with E-state index in [1.165, 1.54) is 12.1 Å². The molecule has 2 nitrogen and oxygen atoms in total. The summed E-state index contributed by atoms with van der Waals surface area (Å²) in [5, 5.41) is 2.73. The van der Waals surface area contributed by atoms with Crippen molar-refractivity contribution in [3.63, 3.8) is 0 Å². The van der Waals surface area contributed by atoms with Crippen molar-refractivity contribution in [2.24, 2.45) is 0 Å². The second-order valence-corrected chi connectivity index (χ2v) is 5.26. The molecule has 1 rings (SSSR count). The smallest absolute Gasteiger partial charge is 0.238 e. The van der Waals surface area contributed by atoms with Crippen LogP contribution in [0.5, 0.6) is 0 Å². The van der Waals surface area contributed by atoms with Crippen molar-refractivity contribution in [2.45, 2.75) is 18.2 Å². The summed E-state index contributed by atoms with van der Waals surface area (Å²) in [5.74, 6) is -0.412. The number of rotatable bonds is 3. The van der Waals surface area contributed by atoms with Crippen LogP contribution < -0.4 is 5.32 Å². The molecule has 15 heavy (non-hydrogen) atoms.